The van der Waals surface area contributed by atoms with Gasteiger partial charge in [0.25, 0.3) is 5.91 Å². The molecular formula is C17H23NO4. The van der Waals surface area contributed by atoms with E-state index in [0.29, 0.717) is 31.2 Å². The van der Waals surface area contributed by atoms with Gasteiger partial charge >= 0.3 is 5.97 Å². The van der Waals surface area contributed by atoms with Gasteiger partial charge in [0.05, 0.1) is 24.8 Å². The van der Waals surface area contributed by atoms with Crippen molar-refractivity contribution in [1.29, 1.82) is 0 Å². The maximum Gasteiger partial charge on any atom is 0.335 e. The van der Waals surface area contributed by atoms with Crippen molar-refractivity contribution in [3.63, 3.8) is 0 Å². The summed E-state index contributed by atoms with van der Waals surface area (Å²) in [5.74, 6) is -0.660. The van der Waals surface area contributed by atoms with Crippen LogP contribution in [0.2, 0.25) is 0 Å². The maximum atomic E-state index is 12.8. The van der Waals surface area contributed by atoms with Gasteiger partial charge in [0, 0.05) is 12.1 Å². The lowest BCUT2D eigenvalue weighted by molar-refractivity contribution is -0.00747. The van der Waals surface area contributed by atoms with E-state index in [0.717, 1.165) is 12.0 Å². The lowest BCUT2D eigenvalue weighted by Gasteiger charge is -2.36. The average Bonchev–Trinajstić information content (AvgIpc) is 2.45. The molecule has 0 radical (unpaired) electrons. The summed E-state index contributed by atoms with van der Waals surface area (Å²) < 4.78 is 5.50. The van der Waals surface area contributed by atoms with Gasteiger partial charge in [-0.1, -0.05) is 13.8 Å². The quantitative estimate of drug-likeness (QED) is 0.928. The van der Waals surface area contributed by atoms with Crippen molar-refractivity contribution in [3.8, 4) is 0 Å². The second-order valence-electron chi connectivity index (χ2n) is 6.25. The zero-order chi connectivity index (χ0) is 16.3. The number of nitrogens with zero attached hydrogens (tertiary/aromatic N) is 1. The molecule has 1 saturated heterocycles. The number of hydrogen-bond acceptors (Lipinski definition) is 3. The predicted octanol–water partition coefficient (Wildman–Crippen LogP) is 2.58. The molecule has 1 aliphatic heterocycles. The Bertz CT molecular complexity index is 568. The Morgan fingerprint density at radius 3 is 2.64 bits per heavy atom. The Morgan fingerprint density at radius 1 is 1.32 bits per heavy atom. The molecule has 2 rings (SSSR count). The first-order chi connectivity index (χ1) is 10.4. The molecule has 0 spiro atoms. The highest BCUT2D eigenvalue weighted by Gasteiger charge is 2.29. The third-order valence-electron chi connectivity index (χ3n) is 3.80. The first-order valence-electron chi connectivity index (χ1n) is 7.62. The Balaban J connectivity index is 2.27. The van der Waals surface area contributed by atoms with E-state index < -0.39 is 5.97 Å². The molecule has 5 nitrogen and oxygen atoms in total. The Kier molecular flexibility index (Phi) is 5.19. The van der Waals surface area contributed by atoms with Crippen LogP contribution in [-0.2, 0) is 4.74 Å². The van der Waals surface area contributed by atoms with E-state index in [1.807, 2.05) is 4.90 Å². The van der Waals surface area contributed by atoms with Crippen LogP contribution >= 0.6 is 0 Å². The molecule has 5 heteroatoms. The summed E-state index contributed by atoms with van der Waals surface area (Å²) in [6.45, 7) is 7.65. The third kappa shape index (κ3) is 3.85. The number of carbonyl (C=O) groups excluding carboxylic acids is 1. The van der Waals surface area contributed by atoms with Gasteiger partial charge in [-0.3, -0.25) is 4.79 Å². The van der Waals surface area contributed by atoms with Crippen LogP contribution in [-0.4, -0.2) is 47.7 Å². The second-order valence-corrected chi connectivity index (χ2v) is 6.25. The van der Waals surface area contributed by atoms with Crippen LogP contribution in [0.25, 0.3) is 0 Å². The highest BCUT2D eigenvalue weighted by Crippen LogP contribution is 2.20. The number of amides is 1. The minimum Gasteiger partial charge on any atom is -0.478 e. The molecule has 1 N–H and O–H groups in total. The minimum absolute atomic E-state index is 0.0510. The van der Waals surface area contributed by atoms with E-state index in [9.17, 15) is 9.59 Å². The van der Waals surface area contributed by atoms with Gasteiger partial charge < -0.3 is 14.7 Å². The SMILES string of the molecule is Cc1cc(C(=O)O)cc(C(=O)N2CCOCC2CC(C)C)c1. The van der Waals surface area contributed by atoms with Gasteiger partial charge in [-0.2, -0.15) is 0 Å². The van der Waals surface area contributed by atoms with Gasteiger partial charge in [-0.15, -0.1) is 0 Å². The van der Waals surface area contributed by atoms with Gasteiger partial charge in [-0.05, 0) is 43.0 Å². The summed E-state index contributed by atoms with van der Waals surface area (Å²) in [5.41, 5.74) is 1.36. The Labute approximate surface area is 130 Å². The summed E-state index contributed by atoms with van der Waals surface area (Å²) in [7, 11) is 0. The van der Waals surface area contributed by atoms with Crippen LogP contribution in [0.1, 0.15) is 46.5 Å². The molecule has 0 aliphatic carbocycles. The largest absolute Gasteiger partial charge is 0.478 e. The van der Waals surface area contributed by atoms with Gasteiger partial charge in [-0.25, -0.2) is 4.79 Å². The van der Waals surface area contributed by atoms with Crippen LogP contribution < -0.4 is 0 Å². The standard InChI is InChI=1S/C17H23NO4/c1-11(2)6-15-10-22-5-4-18(15)16(19)13-7-12(3)8-14(9-13)17(20)21/h7-9,11,15H,4-6,10H2,1-3H3,(H,20,21). The number of aromatic carboxylic acids is 1. The number of carbonyl (C=O) groups is 2. The number of carboxylic acids is 1. The molecule has 0 bridgehead atoms. The highest BCUT2D eigenvalue weighted by atomic mass is 16.5. The molecule has 1 unspecified atom stereocenters. The van der Waals surface area contributed by atoms with Crippen molar-refractivity contribution in [3.05, 3.63) is 34.9 Å². The van der Waals surface area contributed by atoms with E-state index in [1.165, 1.54) is 6.07 Å². The summed E-state index contributed by atoms with van der Waals surface area (Å²) in [6.07, 6.45) is 0.878. The fourth-order valence-corrected chi connectivity index (χ4v) is 2.86. The summed E-state index contributed by atoms with van der Waals surface area (Å²) in [4.78, 5) is 25.8. The van der Waals surface area contributed by atoms with Crippen molar-refractivity contribution in [2.24, 2.45) is 5.92 Å². The summed E-state index contributed by atoms with van der Waals surface area (Å²) in [6, 6.07) is 4.83. The molecule has 0 aromatic heterocycles. The fourth-order valence-electron chi connectivity index (χ4n) is 2.86. The molecule has 120 valence electrons. The van der Waals surface area contributed by atoms with Crippen molar-refractivity contribution in [1.82, 2.24) is 4.90 Å². The highest BCUT2D eigenvalue weighted by molar-refractivity contribution is 5.98. The molecule has 1 aromatic rings. The van der Waals surface area contributed by atoms with Gasteiger partial charge in [0.2, 0.25) is 0 Å². The van der Waals surface area contributed by atoms with Crippen LogP contribution in [0.3, 0.4) is 0 Å². The molecule has 22 heavy (non-hydrogen) atoms. The van der Waals surface area contributed by atoms with Crippen molar-refractivity contribution in [2.75, 3.05) is 19.8 Å². The molecule has 1 aliphatic rings. The monoisotopic (exact) mass is 305 g/mol. The normalized spacial score (nSPS) is 18.5. The molecule has 1 fully saturated rings. The number of benzene rings is 1. The van der Waals surface area contributed by atoms with Crippen LogP contribution in [0, 0.1) is 12.8 Å². The second kappa shape index (κ2) is 6.92. The first kappa shape index (κ1) is 16.5. The third-order valence-corrected chi connectivity index (χ3v) is 3.80. The van der Waals surface area contributed by atoms with Crippen molar-refractivity contribution >= 4 is 11.9 Å². The van der Waals surface area contributed by atoms with Gasteiger partial charge in [0.15, 0.2) is 0 Å². The zero-order valence-electron chi connectivity index (χ0n) is 13.3. The smallest absolute Gasteiger partial charge is 0.335 e. The Morgan fingerprint density at radius 2 is 2.00 bits per heavy atom. The van der Waals surface area contributed by atoms with E-state index in [-0.39, 0.29) is 17.5 Å². The lowest BCUT2D eigenvalue weighted by Crippen LogP contribution is -2.49. The molecule has 1 aromatic carbocycles. The van der Waals surface area contributed by atoms with E-state index in [2.05, 4.69) is 13.8 Å². The van der Waals surface area contributed by atoms with Crippen molar-refractivity contribution < 1.29 is 19.4 Å². The minimum atomic E-state index is -1.02. The number of ether oxygens (including phenoxy) is 1. The number of carboxylic acid groups (broad SMARTS) is 1. The zero-order valence-corrected chi connectivity index (χ0v) is 13.3. The first-order valence-corrected chi connectivity index (χ1v) is 7.62. The molecule has 1 atom stereocenters. The van der Waals surface area contributed by atoms with E-state index in [4.69, 9.17) is 9.84 Å². The van der Waals surface area contributed by atoms with Gasteiger partial charge in [0.1, 0.15) is 0 Å². The molecule has 1 heterocycles. The average molecular weight is 305 g/mol. The summed E-state index contributed by atoms with van der Waals surface area (Å²) in [5, 5.41) is 9.15. The van der Waals surface area contributed by atoms with Crippen LogP contribution in [0.4, 0.5) is 0 Å². The lowest BCUT2D eigenvalue weighted by atomic mass is 10.00. The summed E-state index contributed by atoms with van der Waals surface area (Å²) >= 11 is 0. The van der Waals surface area contributed by atoms with Crippen LogP contribution in [0.15, 0.2) is 18.2 Å². The van der Waals surface area contributed by atoms with Crippen molar-refractivity contribution in [2.45, 2.75) is 33.2 Å². The predicted molar refractivity (Wildman–Crippen MR) is 83.2 cm³/mol. The number of morpholine rings is 1. The van der Waals surface area contributed by atoms with E-state index >= 15 is 0 Å². The topological polar surface area (TPSA) is 66.8 Å². The fraction of sp³-hybridized carbons (Fsp3) is 0.529. The molecule has 0 saturated carbocycles. The molecule has 1 amide bonds. The van der Waals surface area contributed by atoms with E-state index in [1.54, 1.807) is 19.1 Å². The molecular weight excluding hydrogens is 282 g/mol. The maximum absolute atomic E-state index is 12.8. The Hall–Kier alpha value is -1.88. The number of aryl methyl sites for hydroxylation is 1. The number of hydrogen-bond donors (Lipinski definition) is 1. The van der Waals surface area contributed by atoms with Crippen LogP contribution in [0.5, 0.6) is 0 Å². The number of rotatable bonds is 4.